The number of nitrogens with zero attached hydrogens (tertiary/aromatic N) is 2. The van der Waals surface area contributed by atoms with Crippen molar-refractivity contribution in [2.45, 2.75) is 39.5 Å². The van der Waals surface area contributed by atoms with Crippen molar-refractivity contribution >= 4 is 44.8 Å². The third kappa shape index (κ3) is 6.21. The zero-order chi connectivity index (χ0) is 25.3. The number of carbonyl (C=O) groups is 2. The highest BCUT2D eigenvalue weighted by molar-refractivity contribution is 6.10. The molecule has 4 rings (SSSR count). The first-order valence-corrected chi connectivity index (χ1v) is 12.2. The van der Waals surface area contributed by atoms with Gasteiger partial charge >= 0.3 is 0 Å². The van der Waals surface area contributed by atoms with E-state index in [2.05, 4.69) is 45.3 Å². The van der Waals surface area contributed by atoms with Gasteiger partial charge in [-0.15, -0.1) is 0 Å². The van der Waals surface area contributed by atoms with Crippen LogP contribution in [0.15, 0.2) is 95.1 Å². The zero-order valence-electron chi connectivity index (χ0n) is 20.6. The molecule has 0 aliphatic heterocycles. The minimum absolute atomic E-state index is 0.167. The fourth-order valence-electron chi connectivity index (χ4n) is 4.18. The minimum atomic E-state index is -0.167. The van der Waals surface area contributed by atoms with Gasteiger partial charge in [0.15, 0.2) is 0 Å². The van der Waals surface area contributed by atoms with E-state index < -0.39 is 0 Å². The smallest absolute Gasteiger partial charge is 0.240 e. The summed E-state index contributed by atoms with van der Waals surface area (Å²) in [7, 11) is 0. The number of nitrogens with one attached hydrogen (secondary N) is 2. The molecule has 0 spiro atoms. The summed E-state index contributed by atoms with van der Waals surface area (Å²) in [6.45, 7) is 3.76. The molecule has 0 aromatic heterocycles. The van der Waals surface area contributed by atoms with Crippen molar-refractivity contribution in [3.63, 3.8) is 0 Å². The number of hydrazone groups is 2. The third-order valence-electron chi connectivity index (χ3n) is 6.11. The van der Waals surface area contributed by atoms with Crippen LogP contribution >= 0.6 is 0 Å². The molecular formula is C30H30N4O2. The Morgan fingerprint density at radius 2 is 0.972 bits per heavy atom. The molecule has 4 aromatic rings. The van der Waals surface area contributed by atoms with Crippen molar-refractivity contribution in [3.8, 4) is 0 Å². The molecule has 0 saturated carbocycles. The van der Waals surface area contributed by atoms with Gasteiger partial charge in [0, 0.05) is 24.0 Å². The van der Waals surface area contributed by atoms with Crippen LogP contribution in [0.1, 0.15) is 50.7 Å². The predicted octanol–water partition coefficient (Wildman–Crippen LogP) is 5.93. The maximum atomic E-state index is 12.2. The van der Waals surface area contributed by atoms with Crippen LogP contribution in [0.25, 0.3) is 21.5 Å². The molecule has 0 unspecified atom stereocenters. The van der Waals surface area contributed by atoms with E-state index in [1.54, 1.807) is 0 Å². The number of hydrogen-bond donors (Lipinski definition) is 2. The molecule has 2 amide bonds. The van der Waals surface area contributed by atoms with Crippen LogP contribution in [0.2, 0.25) is 0 Å². The molecule has 0 fully saturated rings. The summed E-state index contributed by atoms with van der Waals surface area (Å²) in [4.78, 5) is 24.5. The molecule has 2 N–H and O–H groups in total. The fraction of sp³-hybridized carbons (Fsp3) is 0.200. The SMILES string of the molecule is C/C(=N\NC(=O)CCCCC(=O)N/N=C(\C)c1cccc2ccccc12)c1cccc2ccccc12. The Balaban J connectivity index is 1.22. The number of unbranched alkanes of at least 4 members (excludes halogenated alkanes) is 1. The number of hydrogen-bond acceptors (Lipinski definition) is 4. The quantitative estimate of drug-likeness (QED) is 0.177. The van der Waals surface area contributed by atoms with Gasteiger partial charge in [0.05, 0.1) is 11.4 Å². The summed E-state index contributed by atoms with van der Waals surface area (Å²) < 4.78 is 0. The Morgan fingerprint density at radius 1 is 0.583 bits per heavy atom. The minimum Gasteiger partial charge on any atom is -0.273 e. The number of amides is 2. The first-order chi connectivity index (χ1) is 17.5. The van der Waals surface area contributed by atoms with Gasteiger partial charge in [-0.2, -0.15) is 10.2 Å². The Kier molecular flexibility index (Phi) is 8.19. The van der Waals surface area contributed by atoms with Gasteiger partial charge in [0.1, 0.15) is 0 Å². The highest BCUT2D eigenvalue weighted by Crippen LogP contribution is 2.20. The van der Waals surface area contributed by atoms with Gasteiger partial charge < -0.3 is 0 Å². The van der Waals surface area contributed by atoms with Crippen molar-refractivity contribution in [1.29, 1.82) is 0 Å². The van der Waals surface area contributed by atoms with E-state index in [0.29, 0.717) is 25.7 Å². The van der Waals surface area contributed by atoms with E-state index in [0.717, 1.165) is 44.1 Å². The molecule has 0 bridgehead atoms. The lowest BCUT2D eigenvalue weighted by Crippen LogP contribution is -2.20. The molecule has 0 heterocycles. The second-order valence-corrected chi connectivity index (χ2v) is 8.72. The summed E-state index contributed by atoms with van der Waals surface area (Å²) in [5.74, 6) is -0.334. The van der Waals surface area contributed by atoms with Crippen LogP contribution in [0.5, 0.6) is 0 Å². The molecule has 0 saturated heterocycles. The van der Waals surface area contributed by atoms with Crippen LogP contribution < -0.4 is 10.9 Å². The molecule has 36 heavy (non-hydrogen) atoms. The number of rotatable bonds is 9. The lowest BCUT2D eigenvalue weighted by molar-refractivity contribution is -0.123. The van der Waals surface area contributed by atoms with E-state index in [9.17, 15) is 9.59 Å². The van der Waals surface area contributed by atoms with E-state index in [-0.39, 0.29) is 11.8 Å². The van der Waals surface area contributed by atoms with Gasteiger partial charge in [-0.25, -0.2) is 10.9 Å². The van der Waals surface area contributed by atoms with Gasteiger partial charge in [-0.3, -0.25) is 9.59 Å². The summed E-state index contributed by atoms with van der Waals surface area (Å²) >= 11 is 0. The number of carbonyl (C=O) groups excluding carboxylic acids is 2. The largest absolute Gasteiger partial charge is 0.273 e. The van der Waals surface area contributed by atoms with E-state index >= 15 is 0 Å². The Bertz CT molecular complexity index is 1330. The van der Waals surface area contributed by atoms with Crippen molar-refractivity contribution in [1.82, 2.24) is 10.9 Å². The summed E-state index contributed by atoms with van der Waals surface area (Å²) in [6, 6.07) is 28.2. The third-order valence-corrected chi connectivity index (χ3v) is 6.11. The van der Waals surface area contributed by atoms with Crippen molar-refractivity contribution < 1.29 is 9.59 Å². The Hall–Kier alpha value is -4.32. The van der Waals surface area contributed by atoms with E-state index in [4.69, 9.17) is 0 Å². The predicted molar refractivity (Wildman–Crippen MR) is 147 cm³/mol. The standard InChI is InChI=1S/C30H30N4O2/c1-21(25-17-9-13-23-11-3-5-15-27(23)25)31-33-29(35)19-7-8-20-30(36)34-32-22(2)26-18-10-14-24-12-4-6-16-28(24)26/h3-6,9-18H,7-8,19-20H2,1-2H3,(H,33,35)(H,34,36)/b31-21+,32-22+. The van der Waals surface area contributed by atoms with Crippen LogP contribution in [-0.2, 0) is 9.59 Å². The van der Waals surface area contributed by atoms with Crippen LogP contribution in [-0.4, -0.2) is 23.2 Å². The molecule has 0 aliphatic rings. The van der Waals surface area contributed by atoms with E-state index in [1.807, 2.05) is 74.5 Å². The van der Waals surface area contributed by atoms with Crippen molar-refractivity contribution in [3.05, 3.63) is 96.1 Å². The Morgan fingerprint density at radius 3 is 1.42 bits per heavy atom. The summed E-state index contributed by atoms with van der Waals surface area (Å²) in [5.41, 5.74) is 8.74. The molecule has 0 atom stereocenters. The summed E-state index contributed by atoms with van der Waals surface area (Å²) in [5, 5.41) is 13.0. The first-order valence-electron chi connectivity index (χ1n) is 12.2. The van der Waals surface area contributed by atoms with Crippen LogP contribution in [0, 0.1) is 0 Å². The normalized spacial score (nSPS) is 12.1. The van der Waals surface area contributed by atoms with Crippen molar-refractivity contribution in [2.75, 3.05) is 0 Å². The highest BCUT2D eigenvalue weighted by atomic mass is 16.2. The second-order valence-electron chi connectivity index (χ2n) is 8.72. The maximum absolute atomic E-state index is 12.2. The molecule has 182 valence electrons. The van der Waals surface area contributed by atoms with Crippen LogP contribution in [0.3, 0.4) is 0 Å². The zero-order valence-corrected chi connectivity index (χ0v) is 20.6. The van der Waals surface area contributed by atoms with Crippen molar-refractivity contribution in [2.24, 2.45) is 10.2 Å². The molecule has 4 aromatic carbocycles. The lowest BCUT2D eigenvalue weighted by Gasteiger charge is -2.07. The first kappa shape index (κ1) is 24.8. The lowest BCUT2D eigenvalue weighted by atomic mass is 10.0. The van der Waals surface area contributed by atoms with Gasteiger partial charge in [-0.1, -0.05) is 84.9 Å². The average molecular weight is 479 g/mol. The molecule has 0 aliphatic carbocycles. The second kappa shape index (κ2) is 11.9. The molecule has 0 radical (unpaired) electrons. The molecular weight excluding hydrogens is 448 g/mol. The maximum Gasteiger partial charge on any atom is 0.240 e. The highest BCUT2D eigenvalue weighted by Gasteiger charge is 2.07. The topological polar surface area (TPSA) is 82.9 Å². The fourth-order valence-corrected chi connectivity index (χ4v) is 4.18. The van der Waals surface area contributed by atoms with E-state index in [1.165, 1.54) is 0 Å². The Labute approximate surface area is 211 Å². The molecule has 6 heteroatoms. The van der Waals surface area contributed by atoms with Gasteiger partial charge in [-0.05, 0) is 48.2 Å². The van der Waals surface area contributed by atoms with Gasteiger partial charge in [0.25, 0.3) is 0 Å². The monoisotopic (exact) mass is 478 g/mol. The van der Waals surface area contributed by atoms with Gasteiger partial charge in [0.2, 0.25) is 11.8 Å². The van der Waals surface area contributed by atoms with Crippen LogP contribution in [0.4, 0.5) is 0 Å². The summed E-state index contributed by atoms with van der Waals surface area (Å²) in [6.07, 6.45) is 1.79. The molecule has 6 nitrogen and oxygen atoms in total. The average Bonchev–Trinajstić information content (AvgIpc) is 2.92. The number of fused-ring (bicyclic) bond motifs is 2. The number of benzene rings is 4.